The van der Waals surface area contributed by atoms with Gasteiger partial charge in [-0.25, -0.2) is 0 Å². The first kappa shape index (κ1) is 9.21. The van der Waals surface area contributed by atoms with Gasteiger partial charge in [0.25, 0.3) is 11.6 Å². The van der Waals surface area contributed by atoms with Crippen molar-refractivity contribution < 1.29 is 4.74 Å². The van der Waals surface area contributed by atoms with Crippen molar-refractivity contribution in [1.29, 1.82) is 5.26 Å². The molecule has 0 saturated carbocycles. The second kappa shape index (κ2) is 3.42. The van der Waals surface area contributed by atoms with Crippen molar-refractivity contribution in [3.8, 4) is 12.1 Å². The molecule has 0 fully saturated rings. The van der Waals surface area contributed by atoms with Gasteiger partial charge in [-0.15, -0.1) is 0 Å². The molecule has 0 unspecified atom stereocenters. The van der Waals surface area contributed by atoms with Crippen LogP contribution in [0.3, 0.4) is 0 Å². The number of H-pyrrole nitrogens is 1. The summed E-state index contributed by atoms with van der Waals surface area (Å²) >= 11 is 0. The molecule has 1 aromatic carbocycles. The number of aromatic amines is 1. The Labute approximate surface area is 84.9 Å². The molecule has 2 rings (SSSR count). The van der Waals surface area contributed by atoms with E-state index in [2.05, 4.69) is 9.97 Å². The van der Waals surface area contributed by atoms with Crippen LogP contribution in [0.4, 0.5) is 0 Å². The van der Waals surface area contributed by atoms with E-state index in [1.807, 2.05) is 6.07 Å². The van der Waals surface area contributed by atoms with Gasteiger partial charge in [-0.2, -0.15) is 10.2 Å². The monoisotopic (exact) mass is 201 g/mol. The van der Waals surface area contributed by atoms with E-state index in [9.17, 15) is 4.79 Å². The number of aromatic nitrogens is 2. The average Bonchev–Trinajstić information content (AvgIpc) is 2.28. The molecule has 74 valence electrons. The topological polar surface area (TPSA) is 78.8 Å². The lowest BCUT2D eigenvalue weighted by Crippen LogP contribution is -2.09. The lowest BCUT2D eigenvalue weighted by molar-refractivity contribution is 0.380. The van der Waals surface area contributed by atoms with Crippen molar-refractivity contribution in [2.45, 2.75) is 0 Å². The van der Waals surface area contributed by atoms with Crippen molar-refractivity contribution in [3.63, 3.8) is 0 Å². The van der Waals surface area contributed by atoms with E-state index in [0.717, 1.165) is 0 Å². The Morgan fingerprint density at radius 3 is 3.00 bits per heavy atom. The van der Waals surface area contributed by atoms with Crippen LogP contribution < -0.4 is 10.3 Å². The zero-order valence-corrected chi connectivity index (χ0v) is 7.94. The molecule has 0 radical (unpaired) electrons. The summed E-state index contributed by atoms with van der Waals surface area (Å²) < 4.78 is 4.83. The standard InChI is InChI=1S/C10H7N3O2/c1-15-10-12-8-4-6(5-11)2-3-7(8)9(14)13-10/h2-4H,1H3,(H,12,13,14). The molecular weight excluding hydrogens is 194 g/mol. The van der Waals surface area contributed by atoms with Crippen LogP contribution in [0.2, 0.25) is 0 Å². The molecule has 0 aliphatic carbocycles. The van der Waals surface area contributed by atoms with E-state index < -0.39 is 0 Å². The van der Waals surface area contributed by atoms with Gasteiger partial charge in [0.2, 0.25) is 0 Å². The lowest BCUT2D eigenvalue weighted by Gasteiger charge is -2.00. The number of rotatable bonds is 1. The van der Waals surface area contributed by atoms with E-state index in [1.165, 1.54) is 7.11 Å². The Kier molecular flexibility index (Phi) is 2.10. The quantitative estimate of drug-likeness (QED) is 0.740. The third-order valence-corrected chi connectivity index (χ3v) is 2.01. The fourth-order valence-corrected chi connectivity index (χ4v) is 1.28. The summed E-state index contributed by atoms with van der Waals surface area (Å²) in [6.45, 7) is 0. The van der Waals surface area contributed by atoms with E-state index in [-0.39, 0.29) is 11.6 Å². The van der Waals surface area contributed by atoms with Crippen LogP contribution in [0.5, 0.6) is 6.01 Å². The second-order valence-corrected chi connectivity index (χ2v) is 2.92. The number of fused-ring (bicyclic) bond motifs is 1. The van der Waals surface area contributed by atoms with E-state index >= 15 is 0 Å². The number of hydrogen-bond donors (Lipinski definition) is 1. The van der Waals surface area contributed by atoms with Gasteiger partial charge in [0.1, 0.15) is 0 Å². The Bertz CT molecular complexity index is 610. The van der Waals surface area contributed by atoms with Crippen LogP contribution in [0, 0.1) is 11.3 Å². The van der Waals surface area contributed by atoms with Crippen molar-refractivity contribution in [2.24, 2.45) is 0 Å². The Morgan fingerprint density at radius 2 is 2.33 bits per heavy atom. The molecular formula is C10H7N3O2. The molecule has 1 aromatic heterocycles. The highest BCUT2D eigenvalue weighted by molar-refractivity contribution is 5.79. The number of hydrogen-bond acceptors (Lipinski definition) is 4. The molecule has 0 saturated heterocycles. The zero-order valence-electron chi connectivity index (χ0n) is 7.94. The smallest absolute Gasteiger partial charge is 0.296 e. The van der Waals surface area contributed by atoms with Gasteiger partial charge in [0.15, 0.2) is 0 Å². The average molecular weight is 201 g/mol. The summed E-state index contributed by atoms with van der Waals surface area (Å²) in [6.07, 6.45) is 0. The Hall–Kier alpha value is -2.35. The second-order valence-electron chi connectivity index (χ2n) is 2.92. The van der Waals surface area contributed by atoms with Crippen LogP contribution in [0.15, 0.2) is 23.0 Å². The van der Waals surface area contributed by atoms with Crippen molar-refractivity contribution in [2.75, 3.05) is 7.11 Å². The van der Waals surface area contributed by atoms with Gasteiger partial charge < -0.3 is 4.74 Å². The molecule has 5 heteroatoms. The first-order valence-corrected chi connectivity index (χ1v) is 4.23. The third kappa shape index (κ3) is 1.53. The van der Waals surface area contributed by atoms with Crippen LogP contribution in [-0.2, 0) is 0 Å². The van der Waals surface area contributed by atoms with Gasteiger partial charge in [-0.1, -0.05) is 0 Å². The predicted molar refractivity (Wildman–Crippen MR) is 53.6 cm³/mol. The van der Waals surface area contributed by atoms with Gasteiger partial charge in [0.05, 0.1) is 29.6 Å². The highest BCUT2D eigenvalue weighted by Gasteiger charge is 2.04. The van der Waals surface area contributed by atoms with E-state index in [1.54, 1.807) is 18.2 Å². The summed E-state index contributed by atoms with van der Waals surface area (Å²) in [5.41, 5.74) is 0.638. The van der Waals surface area contributed by atoms with Crippen molar-refractivity contribution in [1.82, 2.24) is 9.97 Å². The summed E-state index contributed by atoms with van der Waals surface area (Å²) in [5.74, 6) is 0. The van der Waals surface area contributed by atoms with E-state index in [4.69, 9.17) is 10.00 Å². The minimum absolute atomic E-state index is 0.141. The largest absolute Gasteiger partial charge is 0.468 e. The number of methoxy groups -OCH3 is 1. The summed E-state index contributed by atoms with van der Waals surface area (Å²) in [5, 5.41) is 9.14. The van der Waals surface area contributed by atoms with Gasteiger partial charge >= 0.3 is 0 Å². The molecule has 0 atom stereocenters. The molecule has 0 amide bonds. The maximum absolute atomic E-state index is 11.5. The first-order chi connectivity index (χ1) is 7.24. The fourth-order valence-electron chi connectivity index (χ4n) is 1.28. The lowest BCUT2D eigenvalue weighted by atomic mass is 10.2. The van der Waals surface area contributed by atoms with Gasteiger partial charge in [0, 0.05) is 0 Å². The molecule has 2 aromatic rings. The molecule has 0 aliphatic rings. The fraction of sp³-hybridized carbons (Fsp3) is 0.100. The number of benzene rings is 1. The number of nitrogens with zero attached hydrogens (tertiary/aromatic N) is 2. The molecule has 5 nitrogen and oxygen atoms in total. The normalized spacial score (nSPS) is 9.87. The highest BCUT2D eigenvalue weighted by atomic mass is 16.5. The number of nitrogens with one attached hydrogen (secondary N) is 1. The summed E-state index contributed by atoms with van der Waals surface area (Å²) in [6, 6.07) is 6.82. The first-order valence-electron chi connectivity index (χ1n) is 4.23. The molecule has 0 bridgehead atoms. The van der Waals surface area contributed by atoms with Crippen LogP contribution in [0.25, 0.3) is 10.9 Å². The van der Waals surface area contributed by atoms with Gasteiger partial charge in [-0.05, 0) is 18.2 Å². The Morgan fingerprint density at radius 1 is 1.53 bits per heavy atom. The number of nitriles is 1. The molecule has 15 heavy (non-hydrogen) atoms. The van der Waals surface area contributed by atoms with E-state index in [0.29, 0.717) is 16.5 Å². The highest BCUT2D eigenvalue weighted by Crippen LogP contribution is 2.11. The SMILES string of the molecule is COc1nc2cc(C#N)ccc2c(=O)[nH]1. The minimum atomic E-state index is -0.277. The summed E-state index contributed by atoms with van der Waals surface area (Å²) in [7, 11) is 1.41. The van der Waals surface area contributed by atoms with Crippen LogP contribution >= 0.6 is 0 Å². The third-order valence-electron chi connectivity index (χ3n) is 2.01. The molecule has 0 aliphatic heterocycles. The van der Waals surface area contributed by atoms with Crippen LogP contribution in [-0.4, -0.2) is 17.1 Å². The van der Waals surface area contributed by atoms with Crippen molar-refractivity contribution in [3.05, 3.63) is 34.1 Å². The Balaban J connectivity index is 2.82. The predicted octanol–water partition coefficient (Wildman–Crippen LogP) is 0.803. The van der Waals surface area contributed by atoms with Crippen molar-refractivity contribution >= 4 is 10.9 Å². The van der Waals surface area contributed by atoms with Crippen LogP contribution in [0.1, 0.15) is 5.56 Å². The minimum Gasteiger partial charge on any atom is -0.468 e. The molecule has 1 N–H and O–H groups in total. The maximum Gasteiger partial charge on any atom is 0.296 e. The molecule has 0 spiro atoms. The molecule has 1 heterocycles. The maximum atomic E-state index is 11.5. The summed E-state index contributed by atoms with van der Waals surface area (Å²) in [4.78, 5) is 18.0. The zero-order chi connectivity index (χ0) is 10.8. The number of ether oxygens (including phenoxy) is 1. The van der Waals surface area contributed by atoms with Gasteiger partial charge in [-0.3, -0.25) is 9.78 Å².